The Morgan fingerprint density at radius 3 is 2.65 bits per heavy atom. The highest BCUT2D eigenvalue weighted by atomic mass is 127. The van der Waals surface area contributed by atoms with Crippen LogP contribution in [0, 0.1) is 11.3 Å². The van der Waals surface area contributed by atoms with Crippen molar-refractivity contribution in [2.75, 3.05) is 31.6 Å². The fourth-order valence-electron chi connectivity index (χ4n) is 5.30. The summed E-state index contributed by atoms with van der Waals surface area (Å²) in [5, 5.41) is 7.24. The monoisotopic (exact) mass is 550 g/mol. The third-order valence-corrected chi connectivity index (χ3v) is 6.81. The molecule has 6 nitrogen and oxygen atoms in total. The topological polar surface area (TPSA) is 58.1 Å². The van der Waals surface area contributed by atoms with Crippen molar-refractivity contribution in [2.24, 2.45) is 16.3 Å². The summed E-state index contributed by atoms with van der Waals surface area (Å²) >= 11 is 0. The van der Waals surface area contributed by atoms with Crippen LogP contribution in [-0.4, -0.2) is 57.5 Å². The molecule has 3 fully saturated rings. The average molecular weight is 550 g/mol. The third-order valence-electron chi connectivity index (χ3n) is 6.81. The van der Waals surface area contributed by atoms with Gasteiger partial charge < -0.3 is 25.0 Å². The number of fused-ring (bicyclic) bond motifs is 1. The van der Waals surface area contributed by atoms with E-state index in [1.165, 1.54) is 0 Å². The molecule has 0 bridgehead atoms. The minimum atomic E-state index is -2.80. The first-order valence-corrected chi connectivity index (χ1v) is 10.8. The molecule has 4 unspecified atom stereocenters. The van der Waals surface area contributed by atoms with Gasteiger partial charge in [0, 0.05) is 55.8 Å². The lowest BCUT2D eigenvalue weighted by molar-refractivity contribution is -0.106. The SMILES string of the molecule is CN=C(NC1CCCN(c2ccc(OC(F)F)cc2)C1)NC1C2CCOC2C1(C)C.I. The van der Waals surface area contributed by atoms with Crippen LogP contribution >= 0.6 is 24.0 Å². The Hall–Kier alpha value is -1.36. The largest absolute Gasteiger partial charge is 0.435 e. The van der Waals surface area contributed by atoms with Crippen LogP contribution in [-0.2, 0) is 4.74 Å². The fourth-order valence-corrected chi connectivity index (χ4v) is 5.30. The summed E-state index contributed by atoms with van der Waals surface area (Å²) in [5.41, 5.74) is 1.11. The molecular formula is C22H33F2IN4O2. The molecule has 2 aliphatic heterocycles. The minimum Gasteiger partial charge on any atom is -0.435 e. The number of aliphatic imine (C=N–C) groups is 1. The van der Waals surface area contributed by atoms with Crippen molar-refractivity contribution in [3.8, 4) is 5.75 Å². The van der Waals surface area contributed by atoms with E-state index >= 15 is 0 Å². The molecule has 2 saturated heterocycles. The first kappa shape index (κ1) is 24.3. The zero-order valence-electron chi connectivity index (χ0n) is 18.3. The first-order chi connectivity index (χ1) is 14.4. The molecule has 1 aromatic rings. The van der Waals surface area contributed by atoms with Crippen molar-refractivity contribution in [1.82, 2.24) is 10.6 Å². The summed E-state index contributed by atoms with van der Waals surface area (Å²) in [7, 11) is 1.81. The fraction of sp³-hybridized carbons (Fsp3) is 0.682. The van der Waals surface area contributed by atoms with Gasteiger partial charge in [-0.1, -0.05) is 13.8 Å². The number of halogens is 3. The molecule has 31 heavy (non-hydrogen) atoms. The van der Waals surface area contributed by atoms with E-state index in [9.17, 15) is 8.78 Å². The van der Waals surface area contributed by atoms with E-state index in [1.54, 1.807) is 12.1 Å². The molecule has 1 saturated carbocycles. The number of benzene rings is 1. The van der Waals surface area contributed by atoms with Gasteiger partial charge in [0.25, 0.3) is 0 Å². The first-order valence-electron chi connectivity index (χ1n) is 10.8. The number of anilines is 1. The molecule has 0 spiro atoms. The molecule has 3 aliphatic rings. The van der Waals surface area contributed by atoms with Crippen molar-refractivity contribution in [2.45, 2.75) is 57.9 Å². The second-order valence-corrected chi connectivity index (χ2v) is 9.06. The van der Waals surface area contributed by atoms with Crippen molar-refractivity contribution in [1.29, 1.82) is 0 Å². The quantitative estimate of drug-likeness (QED) is 0.332. The van der Waals surface area contributed by atoms with E-state index in [4.69, 9.17) is 4.74 Å². The van der Waals surface area contributed by atoms with Gasteiger partial charge in [-0.2, -0.15) is 8.78 Å². The lowest BCUT2D eigenvalue weighted by Crippen LogP contribution is -2.68. The molecule has 9 heteroatoms. The summed E-state index contributed by atoms with van der Waals surface area (Å²) < 4.78 is 35.1. The van der Waals surface area contributed by atoms with E-state index < -0.39 is 6.61 Å². The zero-order chi connectivity index (χ0) is 21.3. The Morgan fingerprint density at radius 1 is 1.23 bits per heavy atom. The highest BCUT2D eigenvalue weighted by molar-refractivity contribution is 14.0. The van der Waals surface area contributed by atoms with Crippen molar-refractivity contribution in [3.63, 3.8) is 0 Å². The van der Waals surface area contributed by atoms with Gasteiger partial charge in [-0.25, -0.2) is 0 Å². The van der Waals surface area contributed by atoms with Crippen LogP contribution in [0.2, 0.25) is 0 Å². The minimum absolute atomic E-state index is 0. The Labute approximate surface area is 200 Å². The maximum Gasteiger partial charge on any atom is 0.387 e. The number of nitrogens with one attached hydrogen (secondary N) is 2. The van der Waals surface area contributed by atoms with Crippen molar-refractivity contribution in [3.05, 3.63) is 24.3 Å². The van der Waals surface area contributed by atoms with Gasteiger partial charge in [-0.15, -0.1) is 24.0 Å². The lowest BCUT2D eigenvalue weighted by Gasteiger charge is -2.55. The second-order valence-electron chi connectivity index (χ2n) is 9.06. The number of hydrogen-bond acceptors (Lipinski definition) is 4. The molecule has 0 amide bonds. The number of ether oxygens (including phenoxy) is 2. The molecule has 1 aliphatic carbocycles. The van der Waals surface area contributed by atoms with E-state index in [2.05, 4.69) is 39.1 Å². The third kappa shape index (κ3) is 5.18. The summed E-state index contributed by atoms with van der Waals surface area (Å²) in [5.74, 6) is 1.57. The van der Waals surface area contributed by atoms with Gasteiger partial charge in [0.05, 0.1) is 6.10 Å². The van der Waals surface area contributed by atoms with Gasteiger partial charge in [0.2, 0.25) is 0 Å². The number of alkyl halides is 2. The molecule has 4 atom stereocenters. The number of hydrogen-bond donors (Lipinski definition) is 2. The molecule has 2 heterocycles. The van der Waals surface area contributed by atoms with E-state index in [0.717, 1.165) is 50.6 Å². The van der Waals surface area contributed by atoms with Crippen molar-refractivity contribution < 1.29 is 18.3 Å². The molecule has 174 valence electrons. The summed E-state index contributed by atoms with van der Waals surface area (Å²) in [6.45, 7) is 4.34. The van der Waals surface area contributed by atoms with Gasteiger partial charge in [-0.3, -0.25) is 4.99 Å². The Bertz CT molecular complexity index is 762. The Morgan fingerprint density at radius 2 is 1.97 bits per heavy atom. The molecule has 4 rings (SSSR count). The molecule has 0 radical (unpaired) electrons. The predicted molar refractivity (Wildman–Crippen MR) is 129 cm³/mol. The van der Waals surface area contributed by atoms with Crippen LogP contribution in [0.5, 0.6) is 5.75 Å². The van der Waals surface area contributed by atoms with Gasteiger partial charge in [0.1, 0.15) is 5.75 Å². The van der Waals surface area contributed by atoms with Crippen LogP contribution in [0.4, 0.5) is 14.5 Å². The van der Waals surface area contributed by atoms with E-state index in [1.807, 2.05) is 19.2 Å². The van der Waals surface area contributed by atoms with Crippen LogP contribution in [0.25, 0.3) is 0 Å². The van der Waals surface area contributed by atoms with Crippen LogP contribution in [0.3, 0.4) is 0 Å². The summed E-state index contributed by atoms with van der Waals surface area (Å²) in [4.78, 5) is 6.74. The Balaban J connectivity index is 0.00000272. The van der Waals surface area contributed by atoms with Crippen LogP contribution < -0.4 is 20.3 Å². The number of piperidine rings is 1. The van der Waals surface area contributed by atoms with Gasteiger partial charge >= 0.3 is 6.61 Å². The van der Waals surface area contributed by atoms with Gasteiger partial charge in [0.15, 0.2) is 5.96 Å². The van der Waals surface area contributed by atoms with E-state index in [0.29, 0.717) is 18.1 Å². The number of nitrogens with zero attached hydrogens (tertiary/aromatic N) is 2. The maximum absolute atomic E-state index is 12.4. The molecular weight excluding hydrogens is 517 g/mol. The molecule has 0 aromatic heterocycles. The highest BCUT2D eigenvalue weighted by Gasteiger charge is 2.59. The lowest BCUT2D eigenvalue weighted by atomic mass is 9.57. The summed E-state index contributed by atoms with van der Waals surface area (Å²) in [6.07, 6.45) is 3.56. The number of rotatable bonds is 5. The average Bonchev–Trinajstić information content (AvgIpc) is 3.18. The maximum atomic E-state index is 12.4. The second kappa shape index (κ2) is 10.1. The molecule has 2 N–H and O–H groups in total. The smallest absolute Gasteiger partial charge is 0.387 e. The Kier molecular flexibility index (Phi) is 7.88. The zero-order valence-corrected chi connectivity index (χ0v) is 20.6. The molecule has 1 aromatic carbocycles. The highest BCUT2D eigenvalue weighted by Crippen LogP contribution is 2.52. The standard InChI is InChI=1S/C22H32F2N4O2.HI/c1-22(2)18(17-10-12-29-19(17)22)27-21(25-3)26-14-5-4-11-28(13-14)15-6-8-16(9-7-15)30-20(23)24;/h6-9,14,17-20H,4-5,10-13H2,1-3H3,(H2,25,26,27);1H. The summed E-state index contributed by atoms with van der Waals surface area (Å²) in [6, 6.07) is 7.49. The number of guanidine groups is 1. The predicted octanol–water partition coefficient (Wildman–Crippen LogP) is 3.85. The van der Waals surface area contributed by atoms with Crippen LogP contribution in [0.15, 0.2) is 29.3 Å². The van der Waals surface area contributed by atoms with Gasteiger partial charge in [-0.05, 0) is 43.5 Å². The van der Waals surface area contributed by atoms with Crippen molar-refractivity contribution >= 4 is 35.6 Å². The van der Waals surface area contributed by atoms with E-state index in [-0.39, 0.29) is 41.2 Å². The van der Waals surface area contributed by atoms with Crippen LogP contribution in [0.1, 0.15) is 33.1 Å². The normalized spacial score (nSPS) is 29.6.